The average Bonchev–Trinajstić information content (AvgIpc) is 3.06. The van der Waals surface area contributed by atoms with Crippen LogP contribution in [0.3, 0.4) is 0 Å². The first-order valence-corrected chi connectivity index (χ1v) is 10.7. The van der Waals surface area contributed by atoms with Crippen molar-refractivity contribution in [2.24, 2.45) is 5.92 Å². The van der Waals surface area contributed by atoms with Gasteiger partial charge >= 0.3 is 0 Å². The third kappa shape index (κ3) is 6.80. The zero-order chi connectivity index (χ0) is 18.2. The van der Waals surface area contributed by atoms with Crippen molar-refractivity contribution in [3.63, 3.8) is 0 Å². The second-order valence-electron chi connectivity index (χ2n) is 5.80. The molecule has 0 fully saturated rings. The summed E-state index contributed by atoms with van der Waals surface area (Å²) in [6, 6.07) is 9.35. The van der Waals surface area contributed by atoms with Crippen LogP contribution in [-0.2, 0) is 4.79 Å². The maximum absolute atomic E-state index is 12.1. The van der Waals surface area contributed by atoms with E-state index in [0.717, 1.165) is 8.68 Å². The molecule has 0 aliphatic rings. The van der Waals surface area contributed by atoms with Crippen LogP contribution in [-0.4, -0.2) is 39.4 Å². The van der Waals surface area contributed by atoms with Gasteiger partial charge in [0, 0.05) is 11.6 Å². The average molecular weight is 396 g/mol. The fourth-order valence-corrected chi connectivity index (χ4v) is 4.46. The van der Waals surface area contributed by atoms with Crippen molar-refractivity contribution >= 4 is 46.6 Å². The minimum atomic E-state index is -0.00476. The van der Waals surface area contributed by atoms with Crippen molar-refractivity contribution in [1.82, 2.24) is 15.5 Å². The van der Waals surface area contributed by atoms with E-state index in [9.17, 15) is 9.59 Å². The Morgan fingerprint density at radius 3 is 2.24 bits per heavy atom. The number of carbonyl (C=O) groups excluding carboxylic acids is 2. The van der Waals surface area contributed by atoms with E-state index >= 15 is 0 Å². The molecule has 2 rings (SSSR count). The smallest absolute Gasteiger partial charge is 0.230 e. The van der Waals surface area contributed by atoms with Crippen LogP contribution >= 0.6 is 34.9 Å². The highest BCUT2D eigenvalue weighted by Gasteiger charge is 2.13. The highest BCUT2D eigenvalue weighted by atomic mass is 32.2. The SMILES string of the molecule is CC(C)[C@H](C)NC(=O)CSc1nnc(SCC(=O)c2ccccc2)s1. The zero-order valence-electron chi connectivity index (χ0n) is 14.4. The minimum absolute atomic E-state index is 0.00476. The Labute approximate surface area is 160 Å². The third-order valence-corrected chi connectivity index (χ3v) is 6.72. The van der Waals surface area contributed by atoms with Gasteiger partial charge in [-0.05, 0) is 12.8 Å². The van der Waals surface area contributed by atoms with E-state index in [4.69, 9.17) is 0 Å². The van der Waals surface area contributed by atoms with Crippen molar-refractivity contribution in [2.75, 3.05) is 11.5 Å². The summed E-state index contributed by atoms with van der Waals surface area (Å²) in [5, 5.41) is 11.1. The van der Waals surface area contributed by atoms with E-state index in [1.165, 1.54) is 34.9 Å². The summed E-state index contributed by atoms with van der Waals surface area (Å²) in [4.78, 5) is 24.0. The van der Waals surface area contributed by atoms with Crippen molar-refractivity contribution < 1.29 is 9.59 Å². The van der Waals surface area contributed by atoms with Gasteiger partial charge in [-0.1, -0.05) is 79.0 Å². The Bertz CT molecular complexity index is 704. The predicted molar refractivity (Wildman–Crippen MR) is 105 cm³/mol. The number of ketones is 1. The van der Waals surface area contributed by atoms with Crippen LogP contribution in [0.15, 0.2) is 39.0 Å². The third-order valence-electron chi connectivity index (χ3n) is 3.53. The van der Waals surface area contributed by atoms with E-state index in [2.05, 4.69) is 29.4 Å². The lowest BCUT2D eigenvalue weighted by Gasteiger charge is -2.16. The van der Waals surface area contributed by atoms with Crippen LogP contribution in [0.2, 0.25) is 0 Å². The quantitative estimate of drug-likeness (QED) is 0.515. The number of hydrogen-bond acceptors (Lipinski definition) is 7. The second kappa shape index (κ2) is 9.94. The number of hydrogen-bond donors (Lipinski definition) is 1. The number of nitrogens with zero attached hydrogens (tertiary/aromatic N) is 2. The van der Waals surface area contributed by atoms with Crippen LogP contribution < -0.4 is 5.32 Å². The molecule has 1 N–H and O–H groups in total. The van der Waals surface area contributed by atoms with Gasteiger partial charge < -0.3 is 5.32 Å². The van der Waals surface area contributed by atoms with Gasteiger partial charge in [0.05, 0.1) is 11.5 Å². The molecule has 0 radical (unpaired) electrons. The Balaban J connectivity index is 1.76. The van der Waals surface area contributed by atoms with Crippen molar-refractivity contribution in [3.05, 3.63) is 35.9 Å². The van der Waals surface area contributed by atoms with Gasteiger partial charge in [-0.3, -0.25) is 9.59 Å². The minimum Gasteiger partial charge on any atom is -0.353 e. The monoisotopic (exact) mass is 395 g/mol. The molecule has 25 heavy (non-hydrogen) atoms. The van der Waals surface area contributed by atoms with E-state index in [1.807, 2.05) is 25.1 Å². The van der Waals surface area contributed by atoms with Crippen LogP contribution in [0, 0.1) is 5.92 Å². The Morgan fingerprint density at radius 2 is 1.64 bits per heavy atom. The molecule has 1 aromatic heterocycles. The molecule has 8 heteroatoms. The normalized spacial score (nSPS) is 12.2. The summed E-state index contributed by atoms with van der Waals surface area (Å²) in [6.45, 7) is 6.14. The zero-order valence-corrected chi connectivity index (χ0v) is 16.8. The molecule has 0 aliphatic heterocycles. The van der Waals surface area contributed by atoms with E-state index in [0.29, 0.717) is 23.0 Å². The Kier molecular flexibility index (Phi) is 7.92. The molecular weight excluding hydrogens is 374 g/mol. The Hall–Kier alpha value is -1.38. The van der Waals surface area contributed by atoms with E-state index in [1.54, 1.807) is 12.1 Å². The van der Waals surface area contributed by atoms with Gasteiger partial charge in [-0.25, -0.2) is 0 Å². The van der Waals surface area contributed by atoms with Gasteiger partial charge in [-0.2, -0.15) is 0 Å². The number of aromatic nitrogens is 2. The van der Waals surface area contributed by atoms with E-state index in [-0.39, 0.29) is 17.7 Å². The number of rotatable bonds is 9. The lowest BCUT2D eigenvalue weighted by molar-refractivity contribution is -0.119. The molecule has 1 amide bonds. The maximum Gasteiger partial charge on any atom is 0.230 e. The molecule has 0 unspecified atom stereocenters. The van der Waals surface area contributed by atoms with E-state index < -0.39 is 0 Å². The van der Waals surface area contributed by atoms with Gasteiger partial charge in [0.15, 0.2) is 14.5 Å². The van der Waals surface area contributed by atoms with Crippen LogP contribution in [0.25, 0.3) is 0 Å². The lowest BCUT2D eigenvalue weighted by atomic mass is 10.1. The highest BCUT2D eigenvalue weighted by Crippen LogP contribution is 2.29. The van der Waals surface area contributed by atoms with Gasteiger partial charge in [0.2, 0.25) is 5.91 Å². The molecule has 1 heterocycles. The van der Waals surface area contributed by atoms with Crippen molar-refractivity contribution in [2.45, 2.75) is 35.5 Å². The van der Waals surface area contributed by atoms with Crippen LogP contribution in [0.1, 0.15) is 31.1 Å². The largest absolute Gasteiger partial charge is 0.353 e. The van der Waals surface area contributed by atoms with Crippen LogP contribution in [0.4, 0.5) is 0 Å². The summed E-state index contributed by atoms with van der Waals surface area (Å²) >= 11 is 4.15. The molecule has 0 bridgehead atoms. The summed E-state index contributed by atoms with van der Waals surface area (Å²) in [7, 11) is 0. The van der Waals surface area contributed by atoms with Gasteiger partial charge in [-0.15, -0.1) is 10.2 Å². The van der Waals surface area contributed by atoms with Crippen molar-refractivity contribution in [3.8, 4) is 0 Å². The number of Topliss-reactive ketones (excluding diaryl/α,β-unsaturated/α-hetero) is 1. The lowest BCUT2D eigenvalue weighted by Crippen LogP contribution is -2.37. The Morgan fingerprint density at radius 1 is 1.04 bits per heavy atom. The number of benzene rings is 1. The molecule has 2 aromatic rings. The fourth-order valence-electron chi connectivity index (χ4n) is 1.74. The van der Waals surface area contributed by atoms with Crippen LogP contribution in [0.5, 0.6) is 0 Å². The molecule has 0 aliphatic carbocycles. The van der Waals surface area contributed by atoms with Gasteiger partial charge in [0.1, 0.15) is 0 Å². The molecule has 5 nitrogen and oxygen atoms in total. The first-order chi connectivity index (χ1) is 12.0. The summed E-state index contributed by atoms with van der Waals surface area (Å²) in [6.07, 6.45) is 0. The first-order valence-electron chi connectivity index (χ1n) is 7.92. The van der Waals surface area contributed by atoms with Crippen molar-refractivity contribution in [1.29, 1.82) is 0 Å². The molecular formula is C17H21N3O2S3. The fraction of sp³-hybridized carbons (Fsp3) is 0.412. The molecule has 0 saturated carbocycles. The summed E-state index contributed by atoms with van der Waals surface area (Å²) in [5.74, 6) is 1.11. The molecule has 0 saturated heterocycles. The standard InChI is InChI=1S/C17H21N3O2S3/c1-11(2)12(3)18-15(22)10-24-17-20-19-16(25-17)23-9-14(21)13-7-5-4-6-8-13/h4-8,11-12H,9-10H2,1-3H3,(H,18,22)/t12-/m0/s1. The summed E-state index contributed by atoms with van der Waals surface area (Å²) < 4.78 is 1.48. The molecule has 134 valence electrons. The number of carbonyl (C=O) groups is 2. The first kappa shape index (κ1) is 19.9. The maximum atomic E-state index is 12.1. The topological polar surface area (TPSA) is 72.0 Å². The van der Waals surface area contributed by atoms with Gasteiger partial charge in [0.25, 0.3) is 0 Å². The second-order valence-corrected chi connectivity index (χ2v) is 9.22. The molecule has 1 aromatic carbocycles. The molecule has 1 atom stereocenters. The number of thioether (sulfide) groups is 2. The predicted octanol–water partition coefficient (Wildman–Crippen LogP) is 3.77. The summed E-state index contributed by atoms with van der Waals surface area (Å²) in [5.41, 5.74) is 0.699. The number of nitrogens with one attached hydrogen (secondary N) is 1. The highest BCUT2D eigenvalue weighted by molar-refractivity contribution is 8.03. The molecule has 0 spiro atoms. The number of amides is 1.